The van der Waals surface area contributed by atoms with Gasteiger partial charge in [-0.3, -0.25) is 4.90 Å². The van der Waals surface area contributed by atoms with Crippen LogP contribution in [0.2, 0.25) is 0 Å². The molecule has 4 rings (SSSR count). The zero-order valence-electron chi connectivity index (χ0n) is 20.8. The Balaban J connectivity index is 2.16. The van der Waals surface area contributed by atoms with Crippen LogP contribution < -0.4 is 28.4 Å². The second-order valence-corrected chi connectivity index (χ2v) is 8.19. The molecule has 0 aliphatic heterocycles. The lowest BCUT2D eigenvalue weighted by Crippen LogP contribution is -2.37. The van der Waals surface area contributed by atoms with Gasteiger partial charge in [0, 0.05) is 17.0 Å². The van der Waals surface area contributed by atoms with Gasteiger partial charge in [-0.1, -0.05) is 36.4 Å². The molecular formula is C28H31N2O4+. The van der Waals surface area contributed by atoms with E-state index in [1.165, 1.54) is 0 Å². The number of ether oxygens (including phenoxy) is 4. The van der Waals surface area contributed by atoms with Gasteiger partial charge in [-0.25, -0.2) is 4.57 Å². The number of aromatic nitrogens is 1. The molecule has 0 bridgehead atoms. The molecule has 0 aliphatic rings. The van der Waals surface area contributed by atoms with Crippen molar-refractivity contribution in [1.29, 1.82) is 0 Å². The van der Waals surface area contributed by atoms with Crippen molar-refractivity contribution in [1.82, 2.24) is 0 Å². The van der Waals surface area contributed by atoms with Crippen molar-refractivity contribution in [2.75, 3.05) is 47.4 Å². The summed E-state index contributed by atoms with van der Waals surface area (Å²) in [5, 5.41) is 1.06. The molecule has 0 radical (unpaired) electrons. The zero-order chi connectivity index (χ0) is 24.4. The average Bonchev–Trinajstić information content (AvgIpc) is 2.87. The summed E-state index contributed by atoms with van der Waals surface area (Å²) >= 11 is 0. The van der Waals surface area contributed by atoms with Crippen molar-refractivity contribution in [2.24, 2.45) is 7.05 Å². The van der Waals surface area contributed by atoms with Crippen LogP contribution in [0.3, 0.4) is 0 Å². The Morgan fingerprint density at radius 2 is 1.35 bits per heavy atom. The second kappa shape index (κ2) is 9.51. The fraction of sp³-hybridized carbons (Fsp3) is 0.250. The summed E-state index contributed by atoms with van der Waals surface area (Å²) < 4.78 is 24.9. The first-order chi connectivity index (χ1) is 16.4. The van der Waals surface area contributed by atoms with Crippen LogP contribution in [0.25, 0.3) is 33.2 Å². The topological polar surface area (TPSA) is 44.0 Å². The van der Waals surface area contributed by atoms with Gasteiger partial charge in [0.1, 0.15) is 5.52 Å². The Morgan fingerprint density at radius 1 is 0.676 bits per heavy atom. The van der Waals surface area contributed by atoms with E-state index in [-0.39, 0.29) is 0 Å². The monoisotopic (exact) mass is 459 g/mol. The first-order valence-electron chi connectivity index (χ1n) is 11.0. The molecule has 6 heteroatoms. The molecule has 0 aliphatic carbocycles. The van der Waals surface area contributed by atoms with Gasteiger partial charge in [0.25, 0.3) is 5.82 Å². The number of methoxy groups -OCH3 is 4. The number of hydrogen-bond donors (Lipinski definition) is 0. The lowest BCUT2D eigenvalue weighted by molar-refractivity contribution is -0.631. The number of nitrogens with zero attached hydrogens (tertiary/aromatic N) is 2. The van der Waals surface area contributed by atoms with Crippen molar-refractivity contribution >= 4 is 16.7 Å². The van der Waals surface area contributed by atoms with E-state index in [4.69, 9.17) is 18.9 Å². The first-order valence-corrected chi connectivity index (χ1v) is 11.0. The predicted molar refractivity (Wildman–Crippen MR) is 137 cm³/mol. The number of rotatable bonds is 7. The highest BCUT2D eigenvalue weighted by atomic mass is 16.5. The van der Waals surface area contributed by atoms with Gasteiger partial charge in [0.15, 0.2) is 23.0 Å². The highest BCUT2D eigenvalue weighted by Crippen LogP contribution is 2.45. The highest BCUT2D eigenvalue weighted by Gasteiger charge is 2.26. The minimum Gasteiger partial charge on any atom is -0.493 e. The normalized spacial score (nSPS) is 10.8. The molecule has 6 nitrogen and oxygen atoms in total. The number of anilines is 1. The number of hydrogen-bond acceptors (Lipinski definition) is 5. The van der Waals surface area contributed by atoms with E-state index < -0.39 is 0 Å². The molecule has 0 atom stereocenters. The van der Waals surface area contributed by atoms with Crippen LogP contribution in [0.5, 0.6) is 23.0 Å². The number of benzene rings is 3. The molecular weight excluding hydrogens is 428 g/mol. The summed E-state index contributed by atoms with van der Waals surface area (Å²) in [7, 11) is 12.8. The van der Waals surface area contributed by atoms with Gasteiger partial charge in [0.2, 0.25) is 0 Å². The van der Waals surface area contributed by atoms with E-state index in [0.29, 0.717) is 23.0 Å². The first kappa shape index (κ1) is 23.2. The van der Waals surface area contributed by atoms with Gasteiger partial charge in [-0.05, 0) is 29.3 Å². The summed E-state index contributed by atoms with van der Waals surface area (Å²) in [6.45, 7) is 0. The summed E-state index contributed by atoms with van der Waals surface area (Å²) in [5.74, 6) is 3.82. The molecule has 176 valence electrons. The third kappa shape index (κ3) is 3.85. The Labute approximate surface area is 200 Å². The number of aryl methyl sites for hydroxylation is 1. The lowest BCUT2D eigenvalue weighted by Gasteiger charge is -2.20. The van der Waals surface area contributed by atoms with E-state index in [1.54, 1.807) is 28.4 Å². The number of pyridine rings is 1. The molecule has 3 aromatic carbocycles. The zero-order valence-corrected chi connectivity index (χ0v) is 20.8. The summed E-state index contributed by atoms with van der Waals surface area (Å²) in [4.78, 5) is 2.12. The van der Waals surface area contributed by atoms with Crippen molar-refractivity contribution in [3.63, 3.8) is 0 Å². The van der Waals surface area contributed by atoms with Crippen LogP contribution in [-0.2, 0) is 7.05 Å². The molecule has 1 heterocycles. The standard InChI is InChI=1S/C28H31N2O4/c1-29(2)28-20(19-13-14-23(31-4)24(15-19)32-5)16-21-22(30(28)3)17-25(33-6)27(34-7)26(21)18-11-9-8-10-12-18/h8-17H,1-7H3/q+1. The summed E-state index contributed by atoms with van der Waals surface area (Å²) in [5.41, 5.74) is 5.15. The smallest absolute Gasteiger partial charge is 0.284 e. The molecule has 0 fully saturated rings. The van der Waals surface area contributed by atoms with Crippen LogP contribution in [0, 0.1) is 0 Å². The van der Waals surface area contributed by atoms with Crippen molar-refractivity contribution in [3.8, 4) is 45.3 Å². The Hall–Kier alpha value is -3.93. The molecule has 0 spiro atoms. The van der Waals surface area contributed by atoms with Crippen LogP contribution >= 0.6 is 0 Å². The molecule has 0 amide bonds. The van der Waals surface area contributed by atoms with Gasteiger partial charge in [0.05, 0.1) is 55.1 Å². The van der Waals surface area contributed by atoms with Gasteiger partial charge in [-0.2, -0.15) is 0 Å². The quantitative estimate of drug-likeness (QED) is 0.360. The Kier molecular flexibility index (Phi) is 6.50. The molecule has 0 saturated heterocycles. The maximum Gasteiger partial charge on any atom is 0.284 e. The molecule has 1 aromatic heterocycles. The van der Waals surface area contributed by atoms with Gasteiger partial charge < -0.3 is 18.9 Å². The van der Waals surface area contributed by atoms with Gasteiger partial charge in [-0.15, -0.1) is 0 Å². The minimum absolute atomic E-state index is 0.683. The second-order valence-electron chi connectivity index (χ2n) is 8.19. The Bertz CT molecular complexity index is 1330. The largest absolute Gasteiger partial charge is 0.493 e. The molecule has 34 heavy (non-hydrogen) atoms. The van der Waals surface area contributed by atoms with Crippen molar-refractivity contribution < 1.29 is 23.5 Å². The van der Waals surface area contributed by atoms with Crippen LogP contribution in [0.1, 0.15) is 0 Å². The average molecular weight is 460 g/mol. The van der Waals surface area contributed by atoms with Crippen LogP contribution in [0.4, 0.5) is 5.82 Å². The van der Waals surface area contributed by atoms with E-state index >= 15 is 0 Å². The molecule has 0 unspecified atom stereocenters. The molecule has 0 N–H and O–H groups in total. The van der Waals surface area contributed by atoms with E-state index in [9.17, 15) is 0 Å². The maximum absolute atomic E-state index is 5.88. The van der Waals surface area contributed by atoms with Gasteiger partial charge >= 0.3 is 0 Å². The predicted octanol–water partition coefficient (Wildman–Crippen LogP) is 5.10. The molecule has 0 saturated carbocycles. The number of fused-ring (bicyclic) bond motifs is 1. The summed E-state index contributed by atoms with van der Waals surface area (Å²) in [6, 6.07) is 20.5. The highest BCUT2D eigenvalue weighted by molar-refractivity contribution is 6.01. The summed E-state index contributed by atoms with van der Waals surface area (Å²) in [6.07, 6.45) is 0. The van der Waals surface area contributed by atoms with Crippen LogP contribution in [-0.4, -0.2) is 42.5 Å². The lowest BCUT2D eigenvalue weighted by atomic mass is 9.95. The van der Waals surface area contributed by atoms with E-state index in [1.807, 2.05) is 50.5 Å². The minimum atomic E-state index is 0.683. The maximum atomic E-state index is 5.88. The Morgan fingerprint density at radius 3 is 1.94 bits per heavy atom. The van der Waals surface area contributed by atoms with E-state index in [2.05, 4.69) is 40.8 Å². The third-order valence-electron chi connectivity index (χ3n) is 6.08. The SMILES string of the molecule is COc1ccc(-c2cc3c(-c4ccccc4)c(OC)c(OC)cc3[n+](C)c2N(C)C)cc1OC. The fourth-order valence-corrected chi connectivity index (χ4v) is 4.57. The molecule has 4 aromatic rings. The third-order valence-corrected chi connectivity index (χ3v) is 6.08. The fourth-order valence-electron chi connectivity index (χ4n) is 4.57. The van der Waals surface area contributed by atoms with Crippen LogP contribution in [0.15, 0.2) is 60.7 Å². The van der Waals surface area contributed by atoms with Crippen molar-refractivity contribution in [2.45, 2.75) is 0 Å². The van der Waals surface area contributed by atoms with Crippen molar-refractivity contribution in [3.05, 3.63) is 60.7 Å². The van der Waals surface area contributed by atoms with E-state index in [0.717, 1.165) is 39.0 Å².